The lowest BCUT2D eigenvalue weighted by atomic mass is 10.3. The summed E-state index contributed by atoms with van der Waals surface area (Å²) >= 11 is 0. The third kappa shape index (κ3) is 2.22. The normalized spacial score (nSPS) is 16.5. The summed E-state index contributed by atoms with van der Waals surface area (Å²) in [5, 5.41) is 16.8. The van der Waals surface area contributed by atoms with E-state index in [0.717, 1.165) is 25.2 Å². The quantitative estimate of drug-likeness (QED) is 0.752. The van der Waals surface area contributed by atoms with Gasteiger partial charge in [0.25, 0.3) is 0 Å². The Kier molecular flexibility index (Phi) is 3.52. The van der Waals surface area contributed by atoms with Crippen molar-refractivity contribution in [3.63, 3.8) is 0 Å². The molecule has 1 aliphatic rings. The highest BCUT2D eigenvalue weighted by Crippen LogP contribution is 2.09. The average molecular weight is 219 g/mol. The van der Waals surface area contributed by atoms with Crippen molar-refractivity contribution in [3.8, 4) is 6.07 Å². The van der Waals surface area contributed by atoms with Crippen molar-refractivity contribution in [1.82, 2.24) is 19.9 Å². The summed E-state index contributed by atoms with van der Waals surface area (Å²) in [4.78, 5) is 2.44. The molecule has 5 nitrogen and oxygen atoms in total. The molecule has 16 heavy (non-hydrogen) atoms. The van der Waals surface area contributed by atoms with Crippen LogP contribution in [-0.4, -0.2) is 39.5 Å². The molecule has 1 aromatic rings. The fourth-order valence-corrected chi connectivity index (χ4v) is 2.19. The maximum absolute atomic E-state index is 8.87. The third-order valence-electron chi connectivity index (χ3n) is 3.11. The molecule has 0 aromatic carbocycles. The molecule has 0 radical (unpaired) electrons. The van der Waals surface area contributed by atoms with Gasteiger partial charge < -0.3 is 4.90 Å². The fraction of sp³-hybridized carbons (Fsp3) is 0.727. The zero-order chi connectivity index (χ0) is 11.4. The van der Waals surface area contributed by atoms with Gasteiger partial charge in [0, 0.05) is 6.54 Å². The van der Waals surface area contributed by atoms with Gasteiger partial charge in [-0.1, -0.05) is 12.1 Å². The van der Waals surface area contributed by atoms with Crippen molar-refractivity contribution in [2.24, 2.45) is 0 Å². The van der Waals surface area contributed by atoms with Crippen LogP contribution in [0.1, 0.15) is 31.2 Å². The Bertz CT molecular complexity index is 384. The van der Waals surface area contributed by atoms with E-state index in [2.05, 4.69) is 21.3 Å². The number of hydrogen-bond acceptors (Lipinski definition) is 4. The van der Waals surface area contributed by atoms with Gasteiger partial charge in [-0.25, -0.2) is 4.68 Å². The molecule has 1 saturated heterocycles. The lowest BCUT2D eigenvalue weighted by molar-refractivity contribution is 0.312. The van der Waals surface area contributed by atoms with E-state index < -0.39 is 0 Å². The van der Waals surface area contributed by atoms with Gasteiger partial charge in [0.05, 0.1) is 12.2 Å². The molecule has 1 fully saturated rings. The van der Waals surface area contributed by atoms with Crippen LogP contribution in [-0.2, 0) is 13.0 Å². The summed E-state index contributed by atoms with van der Waals surface area (Å²) in [6.45, 7) is 6.29. The zero-order valence-electron chi connectivity index (χ0n) is 9.69. The zero-order valence-corrected chi connectivity index (χ0v) is 9.69. The molecule has 2 rings (SSSR count). The predicted molar refractivity (Wildman–Crippen MR) is 59.8 cm³/mol. The summed E-state index contributed by atoms with van der Waals surface area (Å²) in [6.07, 6.45) is 3.43. The first-order valence-electron chi connectivity index (χ1n) is 5.90. The number of hydrogen-bond donors (Lipinski definition) is 0. The van der Waals surface area contributed by atoms with Crippen LogP contribution in [0, 0.1) is 11.3 Å². The van der Waals surface area contributed by atoms with Crippen molar-refractivity contribution in [3.05, 3.63) is 11.4 Å². The lowest BCUT2D eigenvalue weighted by Gasteiger charge is -2.14. The summed E-state index contributed by atoms with van der Waals surface area (Å²) in [5.41, 5.74) is 1.44. The van der Waals surface area contributed by atoms with E-state index in [1.165, 1.54) is 25.9 Å². The van der Waals surface area contributed by atoms with Crippen LogP contribution in [0.25, 0.3) is 0 Å². The Hall–Kier alpha value is -1.41. The molecule has 0 saturated carbocycles. The third-order valence-corrected chi connectivity index (χ3v) is 3.11. The van der Waals surface area contributed by atoms with Gasteiger partial charge in [-0.3, -0.25) is 0 Å². The summed E-state index contributed by atoms with van der Waals surface area (Å²) in [6, 6.07) is 2.09. The van der Waals surface area contributed by atoms with Crippen molar-refractivity contribution in [2.75, 3.05) is 19.6 Å². The average Bonchev–Trinajstić information content (AvgIpc) is 2.94. The minimum atomic E-state index is 0.476. The number of rotatable bonds is 4. The van der Waals surface area contributed by atoms with Crippen LogP contribution < -0.4 is 0 Å². The second-order valence-electron chi connectivity index (χ2n) is 4.12. The molecule has 0 bridgehead atoms. The van der Waals surface area contributed by atoms with E-state index in [0.29, 0.717) is 5.69 Å². The largest absolute Gasteiger partial charge is 0.301 e. The van der Waals surface area contributed by atoms with Gasteiger partial charge in [0.1, 0.15) is 6.07 Å². The first kappa shape index (κ1) is 11.1. The van der Waals surface area contributed by atoms with Crippen LogP contribution in [0.4, 0.5) is 0 Å². The monoisotopic (exact) mass is 219 g/mol. The van der Waals surface area contributed by atoms with Crippen molar-refractivity contribution in [2.45, 2.75) is 32.7 Å². The molecule has 0 aliphatic carbocycles. The maximum atomic E-state index is 8.87. The smallest absolute Gasteiger partial charge is 0.185 e. The molecule has 0 atom stereocenters. The predicted octanol–water partition coefficient (Wildman–Crippen LogP) is 0.808. The number of nitriles is 1. The van der Waals surface area contributed by atoms with Crippen LogP contribution in [0.5, 0.6) is 0 Å². The number of likely N-dealkylation sites (tertiary alicyclic amines) is 1. The Labute approximate surface area is 95.7 Å². The summed E-state index contributed by atoms with van der Waals surface area (Å²) < 4.78 is 1.87. The van der Waals surface area contributed by atoms with Crippen molar-refractivity contribution >= 4 is 0 Å². The molecule has 86 valence electrons. The number of aromatic nitrogens is 3. The van der Waals surface area contributed by atoms with Crippen LogP contribution >= 0.6 is 0 Å². The minimum absolute atomic E-state index is 0.476. The fourth-order valence-electron chi connectivity index (χ4n) is 2.19. The van der Waals surface area contributed by atoms with E-state index in [-0.39, 0.29) is 0 Å². The van der Waals surface area contributed by atoms with Gasteiger partial charge in [-0.05, 0) is 32.4 Å². The lowest BCUT2D eigenvalue weighted by Crippen LogP contribution is -2.25. The van der Waals surface area contributed by atoms with E-state index >= 15 is 0 Å². The molecule has 2 heterocycles. The second-order valence-corrected chi connectivity index (χ2v) is 4.12. The molecule has 0 N–H and O–H groups in total. The van der Waals surface area contributed by atoms with Gasteiger partial charge >= 0.3 is 0 Å². The molecule has 1 aromatic heterocycles. The maximum Gasteiger partial charge on any atom is 0.185 e. The molecule has 0 spiro atoms. The molecule has 0 amide bonds. The summed E-state index contributed by atoms with van der Waals surface area (Å²) in [7, 11) is 0. The van der Waals surface area contributed by atoms with Crippen LogP contribution in [0.3, 0.4) is 0 Å². The molecular weight excluding hydrogens is 202 g/mol. The van der Waals surface area contributed by atoms with E-state index in [9.17, 15) is 0 Å². The van der Waals surface area contributed by atoms with Gasteiger partial charge in [-0.2, -0.15) is 5.26 Å². The molecular formula is C11H17N5. The second kappa shape index (κ2) is 5.08. The molecule has 0 unspecified atom stereocenters. The Morgan fingerprint density at radius 1 is 1.31 bits per heavy atom. The van der Waals surface area contributed by atoms with E-state index in [1.807, 2.05) is 11.6 Å². The highest BCUT2D eigenvalue weighted by molar-refractivity contribution is 5.24. The number of nitrogens with zero attached hydrogens (tertiary/aromatic N) is 5. The topological polar surface area (TPSA) is 57.7 Å². The standard InChI is InChI=1S/C11H17N5/c1-2-11-10(9-12)13-14-16(11)8-7-15-5-3-4-6-15/h2-8H2,1H3. The Morgan fingerprint density at radius 3 is 2.69 bits per heavy atom. The van der Waals surface area contributed by atoms with E-state index in [4.69, 9.17) is 5.26 Å². The molecule has 5 heteroatoms. The van der Waals surface area contributed by atoms with Crippen LogP contribution in [0.2, 0.25) is 0 Å². The van der Waals surface area contributed by atoms with Gasteiger partial charge in [0.2, 0.25) is 0 Å². The van der Waals surface area contributed by atoms with Gasteiger partial charge in [0.15, 0.2) is 5.69 Å². The summed E-state index contributed by atoms with van der Waals surface area (Å²) in [5.74, 6) is 0. The highest BCUT2D eigenvalue weighted by Gasteiger charge is 2.14. The first-order chi connectivity index (χ1) is 7.85. The SMILES string of the molecule is CCc1c(C#N)nnn1CCN1CCCC1. The first-order valence-corrected chi connectivity index (χ1v) is 5.90. The van der Waals surface area contributed by atoms with Crippen molar-refractivity contribution in [1.29, 1.82) is 5.26 Å². The van der Waals surface area contributed by atoms with E-state index in [1.54, 1.807) is 0 Å². The minimum Gasteiger partial charge on any atom is -0.301 e. The van der Waals surface area contributed by atoms with Crippen LogP contribution in [0.15, 0.2) is 0 Å². The Morgan fingerprint density at radius 2 is 2.06 bits per heavy atom. The van der Waals surface area contributed by atoms with Gasteiger partial charge in [-0.15, -0.1) is 5.10 Å². The molecule has 1 aliphatic heterocycles. The Balaban J connectivity index is 1.98. The highest BCUT2D eigenvalue weighted by atomic mass is 15.4. The van der Waals surface area contributed by atoms with Crippen molar-refractivity contribution < 1.29 is 0 Å².